The molecule has 3 heterocycles. The van der Waals surface area contributed by atoms with Crippen molar-refractivity contribution < 1.29 is 51.6 Å². The highest BCUT2D eigenvalue weighted by Gasteiger charge is 2.56. The van der Waals surface area contributed by atoms with Gasteiger partial charge in [-0.3, -0.25) is 18.4 Å². The molecular formula is C27H44FN6O10P. The van der Waals surface area contributed by atoms with Crippen LogP contribution >= 0.6 is 7.75 Å². The summed E-state index contributed by atoms with van der Waals surface area (Å²) in [6.07, 6.45) is -3.15. The summed E-state index contributed by atoms with van der Waals surface area (Å²) in [6.45, 7) is 10.5. The van der Waals surface area contributed by atoms with Crippen molar-refractivity contribution in [1.29, 1.82) is 0 Å². The third-order valence-electron chi connectivity index (χ3n) is 6.70. The van der Waals surface area contributed by atoms with Crippen LogP contribution in [0.25, 0.3) is 11.2 Å². The van der Waals surface area contributed by atoms with Crippen molar-refractivity contribution in [2.24, 2.45) is 5.92 Å². The second kappa shape index (κ2) is 15.6. The molecule has 0 aliphatic carbocycles. The average molecular weight is 663 g/mol. The van der Waals surface area contributed by atoms with Gasteiger partial charge in [-0.15, -0.1) is 0 Å². The molecule has 0 radical (unpaired) electrons. The second-order valence-electron chi connectivity index (χ2n) is 11.3. The first kappa shape index (κ1) is 36.5. The van der Waals surface area contributed by atoms with Gasteiger partial charge in [0.25, 0.3) is 0 Å². The summed E-state index contributed by atoms with van der Waals surface area (Å²) in [6, 6.07) is -1.13. The van der Waals surface area contributed by atoms with Crippen LogP contribution in [0.1, 0.15) is 67.5 Å². The summed E-state index contributed by atoms with van der Waals surface area (Å²) in [5, 5.41) is 13.5. The molecule has 1 saturated heterocycles. The van der Waals surface area contributed by atoms with Crippen molar-refractivity contribution >= 4 is 36.8 Å². The molecule has 16 nitrogen and oxygen atoms in total. The van der Waals surface area contributed by atoms with Gasteiger partial charge in [-0.25, -0.2) is 23.8 Å². The number of alkyl halides is 1. The molecule has 6 atom stereocenters. The lowest BCUT2D eigenvalue weighted by atomic mass is 9.98. The Hall–Kier alpha value is -2.95. The van der Waals surface area contributed by atoms with E-state index < -0.39 is 69.1 Å². The fourth-order valence-corrected chi connectivity index (χ4v) is 6.01. The Bertz CT molecular complexity index is 1360. The third kappa shape index (κ3) is 9.30. The fourth-order valence-electron chi connectivity index (χ4n) is 4.55. The minimum atomic E-state index is -4.51. The van der Waals surface area contributed by atoms with Gasteiger partial charge >= 0.3 is 19.7 Å². The predicted molar refractivity (Wildman–Crippen MR) is 159 cm³/mol. The van der Waals surface area contributed by atoms with Crippen molar-refractivity contribution in [3.05, 3.63) is 6.33 Å². The molecule has 0 aromatic carbocycles. The first-order chi connectivity index (χ1) is 21.1. The molecule has 2 aromatic rings. The molecule has 0 amide bonds. The molecule has 1 aliphatic rings. The number of ether oxygens (including phenoxy) is 4. The Kier molecular flexibility index (Phi) is 12.6. The highest BCUT2D eigenvalue weighted by atomic mass is 31.2. The highest BCUT2D eigenvalue weighted by Crippen LogP contribution is 2.48. The molecule has 1 aliphatic heterocycles. The zero-order valence-electron chi connectivity index (χ0n) is 26.6. The van der Waals surface area contributed by atoms with Crippen LogP contribution in [-0.4, -0.2) is 93.0 Å². The number of nitrogens with one attached hydrogen (secondary N) is 1. The maximum Gasteiger partial charge on any atom is 0.406 e. The fraction of sp³-hybridized carbons (Fsp3) is 0.741. The molecule has 45 heavy (non-hydrogen) atoms. The smallest absolute Gasteiger partial charge is 0.406 e. The number of carbonyl (C=O) groups is 2. The summed E-state index contributed by atoms with van der Waals surface area (Å²) in [5.41, 5.74) is 3.68. The van der Waals surface area contributed by atoms with Crippen LogP contribution in [0.5, 0.6) is 5.88 Å². The van der Waals surface area contributed by atoms with Gasteiger partial charge < -0.3 is 29.8 Å². The van der Waals surface area contributed by atoms with Crippen LogP contribution in [0.15, 0.2) is 6.33 Å². The van der Waals surface area contributed by atoms with E-state index in [0.29, 0.717) is 6.42 Å². The van der Waals surface area contributed by atoms with E-state index >= 15 is 4.39 Å². The molecule has 18 heteroatoms. The molecule has 1 fully saturated rings. The van der Waals surface area contributed by atoms with Gasteiger partial charge in [-0.1, -0.05) is 13.8 Å². The van der Waals surface area contributed by atoms with E-state index in [-0.39, 0.29) is 48.5 Å². The molecule has 3 rings (SSSR count). The molecular weight excluding hydrogens is 618 g/mol. The minimum absolute atomic E-state index is 0.0650. The zero-order valence-corrected chi connectivity index (χ0v) is 27.5. The number of anilines is 1. The van der Waals surface area contributed by atoms with E-state index in [2.05, 4.69) is 20.0 Å². The molecule has 2 aromatic heterocycles. The Morgan fingerprint density at radius 3 is 2.53 bits per heavy atom. The molecule has 4 N–H and O–H groups in total. The van der Waals surface area contributed by atoms with Crippen LogP contribution in [0.2, 0.25) is 0 Å². The summed E-state index contributed by atoms with van der Waals surface area (Å²) in [4.78, 5) is 37.3. The number of nitrogen functional groups attached to an aromatic ring is 1. The first-order valence-electron chi connectivity index (χ1n) is 14.8. The van der Waals surface area contributed by atoms with Crippen molar-refractivity contribution in [3.8, 4) is 5.88 Å². The van der Waals surface area contributed by atoms with E-state index in [1.807, 2.05) is 13.8 Å². The molecule has 0 spiro atoms. The van der Waals surface area contributed by atoms with Crippen LogP contribution in [-0.2, 0) is 37.4 Å². The van der Waals surface area contributed by atoms with Gasteiger partial charge in [0.1, 0.15) is 18.2 Å². The number of hydrogen-bond donors (Lipinski definition) is 3. The summed E-state index contributed by atoms with van der Waals surface area (Å²) < 4.78 is 63.8. The van der Waals surface area contributed by atoms with Crippen LogP contribution in [0, 0.1) is 5.92 Å². The first-order valence-corrected chi connectivity index (χ1v) is 16.3. The Balaban J connectivity index is 1.86. The Morgan fingerprint density at radius 2 is 1.91 bits per heavy atom. The third-order valence-corrected chi connectivity index (χ3v) is 8.29. The number of aromatic nitrogens is 4. The van der Waals surface area contributed by atoms with E-state index in [4.69, 9.17) is 33.7 Å². The number of carbonyl (C=O) groups excluding carboxylic acids is 2. The minimum Gasteiger partial charge on any atom is -0.476 e. The van der Waals surface area contributed by atoms with Crippen LogP contribution < -0.4 is 15.6 Å². The van der Waals surface area contributed by atoms with Gasteiger partial charge in [-0.05, 0) is 53.4 Å². The number of rotatable bonds is 17. The van der Waals surface area contributed by atoms with Crippen molar-refractivity contribution in [2.75, 3.05) is 32.2 Å². The summed E-state index contributed by atoms with van der Waals surface area (Å²) >= 11 is 0. The van der Waals surface area contributed by atoms with Crippen LogP contribution in [0.3, 0.4) is 0 Å². The van der Waals surface area contributed by atoms with E-state index in [1.165, 1.54) is 10.9 Å². The summed E-state index contributed by atoms with van der Waals surface area (Å²) in [7, 11) is -4.51. The summed E-state index contributed by atoms with van der Waals surface area (Å²) in [5.74, 6) is -1.41. The lowest BCUT2D eigenvalue weighted by Gasteiger charge is -2.26. The SMILES string of the molecule is CCOC(=O)C(CCC(C)C)NP(=O)(OCC(=O)OC(C)C)OC[C@H]1O[C@@H](n2cnc3c(OCC)nc(N)nc32)[C@@](C)(F)C1O. The molecule has 0 saturated carbocycles. The highest BCUT2D eigenvalue weighted by molar-refractivity contribution is 7.51. The standard InChI is InChI=1S/C27H44FN6O10P/c1-8-39-23-20-22(31-26(29)32-23)34(14-30-20)25-27(7,28)21(36)18(44-25)12-41-45(38,42-13-19(35)43-16(5)6)33-17(11-10-15(3)4)24(37)40-9-2/h14-18,21,25,36H,8-13H2,1-7H3,(H,33,38)(H2,29,31,32)/t17?,18-,21?,25-,27+,45?/m1/s1. The number of halogens is 1. The van der Waals surface area contributed by atoms with Crippen molar-refractivity contribution in [2.45, 2.75) is 97.6 Å². The number of esters is 2. The lowest BCUT2D eigenvalue weighted by molar-refractivity contribution is -0.150. The monoisotopic (exact) mass is 662 g/mol. The number of fused-ring (bicyclic) bond motifs is 1. The Labute approximate surface area is 261 Å². The number of nitrogens with zero attached hydrogens (tertiary/aromatic N) is 4. The number of aliphatic hydroxyl groups excluding tert-OH is 1. The lowest BCUT2D eigenvalue weighted by Crippen LogP contribution is -2.41. The number of hydrogen-bond acceptors (Lipinski definition) is 14. The molecule has 0 bridgehead atoms. The zero-order chi connectivity index (χ0) is 33.5. The maximum atomic E-state index is 16.1. The largest absolute Gasteiger partial charge is 0.476 e. The predicted octanol–water partition coefficient (Wildman–Crippen LogP) is 2.84. The van der Waals surface area contributed by atoms with Gasteiger partial charge in [0.15, 0.2) is 29.7 Å². The van der Waals surface area contributed by atoms with E-state index in [1.54, 1.807) is 27.7 Å². The van der Waals surface area contributed by atoms with Crippen LogP contribution in [0.4, 0.5) is 10.3 Å². The van der Waals surface area contributed by atoms with Gasteiger partial charge in [0, 0.05) is 0 Å². The van der Waals surface area contributed by atoms with Crippen molar-refractivity contribution in [3.63, 3.8) is 0 Å². The van der Waals surface area contributed by atoms with Gasteiger partial charge in [0.05, 0.1) is 32.3 Å². The molecule has 3 unspecified atom stereocenters. The van der Waals surface area contributed by atoms with E-state index in [9.17, 15) is 19.3 Å². The number of nitrogens with two attached hydrogens (primary N) is 1. The van der Waals surface area contributed by atoms with Crippen molar-refractivity contribution in [1.82, 2.24) is 24.6 Å². The molecule has 254 valence electrons. The quantitative estimate of drug-likeness (QED) is 0.164. The average Bonchev–Trinajstić information content (AvgIpc) is 3.46. The van der Waals surface area contributed by atoms with Gasteiger partial charge in [0.2, 0.25) is 11.8 Å². The number of aliphatic hydroxyl groups is 1. The second-order valence-corrected chi connectivity index (χ2v) is 13.0. The topological polar surface area (TPSA) is 208 Å². The number of imidazole rings is 1. The van der Waals surface area contributed by atoms with E-state index in [0.717, 1.165) is 6.92 Å². The maximum absolute atomic E-state index is 16.1. The van der Waals surface area contributed by atoms with Gasteiger partial charge in [-0.2, -0.15) is 9.97 Å². The normalized spacial score (nSPS) is 23.8. The Morgan fingerprint density at radius 1 is 1.20 bits per heavy atom.